The molecule has 2 aromatic heterocycles. The fourth-order valence-corrected chi connectivity index (χ4v) is 2.35. The van der Waals surface area contributed by atoms with Gasteiger partial charge in [0.05, 0.1) is 11.4 Å². The molecule has 2 aromatic rings. The third-order valence-corrected chi connectivity index (χ3v) is 3.38. The Kier molecular flexibility index (Phi) is 2.87. The number of aromatic nitrogens is 3. The summed E-state index contributed by atoms with van der Waals surface area (Å²) in [5.74, 6) is 0.685. The van der Waals surface area contributed by atoms with Gasteiger partial charge >= 0.3 is 0 Å². The van der Waals surface area contributed by atoms with Gasteiger partial charge in [0.15, 0.2) is 0 Å². The lowest BCUT2D eigenvalue weighted by atomic mass is 10.00. The van der Waals surface area contributed by atoms with Crippen molar-refractivity contribution in [3.63, 3.8) is 0 Å². The lowest BCUT2D eigenvalue weighted by molar-refractivity contribution is 0.211. The first kappa shape index (κ1) is 11.4. The zero-order chi connectivity index (χ0) is 12.5. The summed E-state index contributed by atoms with van der Waals surface area (Å²) >= 11 is 0. The highest BCUT2D eigenvalue weighted by molar-refractivity contribution is 5.86. The van der Waals surface area contributed by atoms with E-state index < -0.39 is 6.17 Å². The van der Waals surface area contributed by atoms with Crippen molar-refractivity contribution in [2.45, 2.75) is 31.6 Å². The minimum atomic E-state index is -0.856. The van der Waals surface area contributed by atoms with E-state index in [0.29, 0.717) is 18.8 Å². The van der Waals surface area contributed by atoms with Crippen LogP contribution in [0.2, 0.25) is 0 Å². The standard InChI is InChI=1S/C12H16FN5/c1-7-4-9(13)10(5-15-7)18-12-8-2-3-14-11(8)16-6-17-12/h2-3,6-7,9-10,15H,4-5H2,1H3,(H2,14,16,17,18)/t7-,9-,10-/m0/s1. The Labute approximate surface area is 104 Å². The van der Waals surface area contributed by atoms with Crippen LogP contribution in [0.3, 0.4) is 0 Å². The van der Waals surface area contributed by atoms with Crippen molar-refractivity contribution in [2.75, 3.05) is 11.9 Å². The number of alkyl halides is 1. The van der Waals surface area contributed by atoms with Crippen LogP contribution >= 0.6 is 0 Å². The smallest absolute Gasteiger partial charge is 0.142 e. The zero-order valence-electron chi connectivity index (χ0n) is 10.2. The molecule has 0 aromatic carbocycles. The number of piperidine rings is 1. The second-order valence-electron chi connectivity index (χ2n) is 4.77. The van der Waals surface area contributed by atoms with E-state index >= 15 is 0 Å². The van der Waals surface area contributed by atoms with Crippen LogP contribution in [0, 0.1) is 0 Å². The summed E-state index contributed by atoms with van der Waals surface area (Å²) in [6, 6.07) is 1.88. The highest BCUT2D eigenvalue weighted by Gasteiger charge is 2.28. The minimum Gasteiger partial charge on any atom is -0.362 e. The van der Waals surface area contributed by atoms with Crippen molar-refractivity contribution < 1.29 is 4.39 Å². The molecule has 3 atom stereocenters. The third-order valence-electron chi connectivity index (χ3n) is 3.38. The summed E-state index contributed by atoms with van der Waals surface area (Å²) in [5, 5.41) is 7.33. The summed E-state index contributed by atoms with van der Waals surface area (Å²) in [7, 11) is 0. The lowest BCUT2D eigenvalue weighted by Gasteiger charge is -2.31. The van der Waals surface area contributed by atoms with Gasteiger partial charge in [-0.2, -0.15) is 0 Å². The number of hydrogen-bond donors (Lipinski definition) is 3. The Morgan fingerprint density at radius 3 is 3.17 bits per heavy atom. The molecule has 0 amide bonds. The van der Waals surface area contributed by atoms with Crippen LogP contribution in [0.4, 0.5) is 10.2 Å². The third kappa shape index (κ3) is 2.03. The second-order valence-corrected chi connectivity index (χ2v) is 4.77. The molecule has 0 aliphatic carbocycles. The molecule has 3 heterocycles. The van der Waals surface area contributed by atoms with Crippen LogP contribution in [-0.4, -0.2) is 39.8 Å². The molecular weight excluding hydrogens is 233 g/mol. The summed E-state index contributed by atoms with van der Waals surface area (Å²) in [5.41, 5.74) is 0.764. The molecule has 0 radical (unpaired) electrons. The van der Waals surface area contributed by atoms with E-state index in [0.717, 1.165) is 11.0 Å². The van der Waals surface area contributed by atoms with E-state index in [-0.39, 0.29) is 12.1 Å². The molecule has 1 fully saturated rings. The Balaban J connectivity index is 1.82. The van der Waals surface area contributed by atoms with Crippen molar-refractivity contribution in [1.82, 2.24) is 20.3 Å². The monoisotopic (exact) mass is 249 g/mol. The predicted octanol–water partition coefficient (Wildman–Crippen LogP) is 1.46. The lowest BCUT2D eigenvalue weighted by Crippen LogP contribution is -2.50. The first-order valence-electron chi connectivity index (χ1n) is 6.16. The molecule has 0 spiro atoms. The predicted molar refractivity (Wildman–Crippen MR) is 68.3 cm³/mol. The SMILES string of the molecule is C[C@H]1C[C@H](F)[C@@H](Nc2ncnc3[nH]ccc23)CN1. The van der Waals surface area contributed by atoms with Gasteiger partial charge in [-0.3, -0.25) is 0 Å². The maximum absolute atomic E-state index is 14.0. The molecule has 0 unspecified atom stereocenters. The van der Waals surface area contributed by atoms with Gasteiger partial charge in [0.1, 0.15) is 24.0 Å². The first-order valence-corrected chi connectivity index (χ1v) is 6.16. The first-order chi connectivity index (χ1) is 8.74. The van der Waals surface area contributed by atoms with Gasteiger partial charge < -0.3 is 15.6 Å². The normalized spacial score (nSPS) is 28.4. The number of aromatic amines is 1. The van der Waals surface area contributed by atoms with E-state index in [4.69, 9.17) is 0 Å². The van der Waals surface area contributed by atoms with Gasteiger partial charge in [-0.1, -0.05) is 0 Å². The Bertz CT molecular complexity index is 540. The molecule has 18 heavy (non-hydrogen) atoms. The topological polar surface area (TPSA) is 65.6 Å². The molecule has 0 bridgehead atoms. The molecule has 1 aliphatic rings. The van der Waals surface area contributed by atoms with Crippen LogP contribution in [0.25, 0.3) is 11.0 Å². The maximum atomic E-state index is 14.0. The molecule has 1 saturated heterocycles. The van der Waals surface area contributed by atoms with Gasteiger partial charge in [-0.05, 0) is 19.4 Å². The molecule has 3 N–H and O–H groups in total. The van der Waals surface area contributed by atoms with Crippen LogP contribution in [-0.2, 0) is 0 Å². The number of fused-ring (bicyclic) bond motifs is 1. The van der Waals surface area contributed by atoms with Gasteiger partial charge in [0.25, 0.3) is 0 Å². The summed E-state index contributed by atoms with van der Waals surface area (Å²) in [4.78, 5) is 11.3. The van der Waals surface area contributed by atoms with Gasteiger partial charge in [0, 0.05) is 18.8 Å². The number of hydrogen-bond acceptors (Lipinski definition) is 4. The summed E-state index contributed by atoms with van der Waals surface area (Å²) in [6.45, 7) is 2.61. The quantitative estimate of drug-likeness (QED) is 0.754. The maximum Gasteiger partial charge on any atom is 0.142 e. The molecule has 96 valence electrons. The van der Waals surface area contributed by atoms with E-state index in [1.54, 1.807) is 6.20 Å². The molecule has 3 rings (SSSR count). The van der Waals surface area contributed by atoms with Crippen molar-refractivity contribution >= 4 is 16.9 Å². The van der Waals surface area contributed by atoms with Crippen LogP contribution in [0.5, 0.6) is 0 Å². The van der Waals surface area contributed by atoms with Crippen LogP contribution < -0.4 is 10.6 Å². The largest absolute Gasteiger partial charge is 0.362 e. The van der Waals surface area contributed by atoms with Crippen LogP contribution in [0.1, 0.15) is 13.3 Å². The number of H-pyrrole nitrogens is 1. The number of halogens is 1. The van der Waals surface area contributed by atoms with E-state index in [9.17, 15) is 4.39 Å². The van der Waals surface area contributed by atoms with Gasteiger partial charge in [-0.15, -0.1) is 0 Å². The number of anilines is 1. The van der Waals surface area contributed by atoms with Crippen molar-refractivity contribution in [2.24, 2.45) is 0 Å². The number of nitrogens with one attached hydrogen (secondary N) is 3. The molecule has 5 nitrogen and oxygen atoms in total. The highest BCUT2D eigenvalue weighted by Crippen LogP contribution is 2.21. The van der Waals surface area contributed by atoms with Gasteiger partial charge in [-0.25, -0.2) is 14.4 Å². The molecular formula is C12H16FN5. The van der Waals surface area contributed by atoms with E-state index in [1.807, 2.05) is 13.0 Å². The Hall–Kier alpha value is -1.69. The molecule has 6 heteroatoms. The van der Waals surface area contributed by atoms with E-state index in [1.165, 1.54) is 6.33 Å². The average molecular weight is 249 g/mol. The molecule has 1 aliphatic heterocycles. The van der Waals surface area contributed by atoms with Crippen molar-refractivity contribution in [3.05, 3.63) is 18.6 Å². The second kappa shape index (κ2) is 4.53. The highest BCUT2D eigenvalue weighted by atomic mass is 19.1. The fraction of sp³-hybridized carbons (Fsp3) is 0.500. The number of nitrogens with zero attached hydrogens (tertiary/aromatic N) is 2. The van der Waals surface area contributed by atoms with Gasteiger partial charge in [0.2, 0.25) is 0 Å². The Morgan fingerprint density at radius 1 is 1.44 bits per heavy atom. The van der Waals surface area contributed by atoms with E-state index in [2.05, 4.69) is 25.6 Å². The Morgan fingerprint density at radius 2 is 2.33 bits per heavy atom. The summed E-state index contributed by atoms with van der Waals surface area (Å²) < 4.78 is 14.0. The average Bonchev–Trinajstić information content (AvgIpc) is 2.82. The number of rotatable bonds is 2. The van der Waals surface area contributed by atoms with Crippen molar-refractivity contribution in [1.29, 1.82) is 0 Å². The minimum absolute atomic E-state index is 0.232. The summed E-state index contributed by atoms with van der Waals surface area (Å²) in [6.07, 6.45) is 2.95. The van der Waals surface area contributed by atoms with Crippen molar-refractivity contribution in [3.8, 4) is 0 Å². The van der Waals surface area contributed by atoms with Crippen LogP contribution in [0.15, 0.2) is 18.6 Å². The molecule has 0 saturated carbocycles. The fourth-order valence-electron chi connectivity index (χ4n) is 2.35. The zero-order valence-corrected chi connectivity index (χ0v) is 10.2.